The molecule has 2 rings (SSSR count). The molecule has 0 saturated carbocycles. The smallest absolute Gasteiger partial charge is 0.125 e. The summed E-state index contributed by atoms with van der Waals surface area (Å²) in [6, 6.07) is 8.12. The molecule has 2 aromatic rings. The Labute approximate surface area is 151 Å². The predicted molar refractivity (Wildman–Crippen MR) is 104 cm³/mol. The Bertz CT molecular complexity index is 784. The second kappa shape index (κ2) is 8.36. The van der Waals surface area contributed by atoms with Crippen molar-refractivity contribution in [3.63, 3.8) is 0 Å². The van der Waals surface area contributed by atoms with E-state index in [2.05, 4.69) is 9.71 Å². The van der Waals surface area contributed by atoms with Crippen LogP contribution in [0.15, 0.2) is 42.6 Å². The molecule has 134 valence electrons. The van der Waals surface area contributed by atoms with Gasteiger partial charge in [-0.15, -0.1) is 0 Å². The van der Waals surface area contributed by atoms with E-state index in [0.717, 1.165) is 23.2 Å². The fourth-order valence-corrected chi connectivity index (χ4v) is 2.90. The molecule has 3 N–H and O–H groups in total. The fourth-order valence-electron chi connectivity index (χ4n) is 2.16. The molecule has 1 heterocycles. The lowest BCUT2D eigenvalue weighted by atomic mass is 10.0. The van der Waals surface area contributed by atoms with E-state index >= 15 is 0 Å². The highest BCUT2D eigenvalue weighted by Gasteiger charge is 2.18. The first-order valence-corrected chi connectivity index (χ1v) is 9.26. The fraction of sp³-hybridized carbons (Fsp3) is 0.316. The van der Waals surface area contributed by atoms with E-state index in [1.54, 1.807) is 12.3 Å². The quantitative estimate of drug-likeness (QED) is 0.605. The van der Waals surface area contributed by atoms with Crippen molar-refractivity contribution in [3.8, 4) is 11.1 Å². The number of nitrogen functional groups attached to an aromatic ring is 1. The van der Waals surface area contributed by atoms with E-state index in [-0.39, 0.29) is 10.6 Å². The molecular formula is C19H24FN3OS. The minimum atomic E-state index is -1.06. The van der Waals surface area contributed by atoms with Gasteiger partial charge >= 0.3 is 0 Å². The molecule has 1 aromatic carbocycles. The third-order valence-electron chi connectivity index (χ3n) is 3.49. The summed E-state index contributed by atoms with van der Waals surface area (Å²) in [6.45, 7) is 6.43. The highest BCUT2D eigenvalue weighted by atomic mass is 32.2. The largest absolute Gasteiger partial charge is 0.398 e. The van der Waals surface area contributed by atoms with Gasteiger partial charge in [0.15, 0.2) is 0 Å². The Morgan fingerprint density at radius 2 is 2.04 bits per heavy atom. The van der Waals surface area contributed by atoms with Gasteiger partial charge in [-0.1, -0.05) is 6.08 Å². The molecule has 0 spiro atoms. The van der Waals surface area contributed by atoms with Gasteiger partial charge in [0.1, 0.15) is 5.82 Å². The zero-order valence-corrected chi connectivity index (χ0v) is 15.6. The van der Waals surface area contributed by atoms with Crippen LogP contribution in [0.5, 0.6) is 0 Å². The van der Waals surface area contributed by atoms with Crippen LogP contribution in [0.1, 0.15) is 32.9 Å². The number of halogens is 1. The SMILES string of the molecule is CC(C)(C)S(=O)NCCC=Cc1cc(-c2ccc(F)cc2N)ccn1. The third-order valence-corrected chi connectivity index (χ3v) is 5.07. The molecule has 0 radical (unpaired) electrons. The van der Waals surface area contributed by atoms with Gasteiger partial charge in [0, 0.05) is 24.0 Å². The number of benzene rings is 1. The first kappa shape index (κ1) is 19.3. The van der Waals surface area contributed by atoms with Gasteiger partial charge in [-0.25, -0.2) is 13.3 Å². The Hall–Kier alpha value is -2.05. The Morgan fingerprint density at radius 1 is 1.28 bits per heavy atom. The van der Waals surface area contributed by atoms with Crippen LogP contribution in [0.25, 0.3) is 17.2 Å². The van der Waals surface area contributed by atoms with Crippen LogP contribution in [-0.2, 0) is 11.0 Å². The van der Waals surface area contributed by atoms with E-state index in [1.165, 1.54) is 12.1 Å². The average Bonchev–Trinajstić information content (AvgIpc) is 2.53. The van der Waals surface area contributed by atoms with E-state index in [0.29, 0.717) is 12.2 Å². The number of pyridine rings is 1. The number of rotatable bonds is 6. The lowest BCUT2D eigenvalue weighted by molar-refractivity contribution is 0.628. The van der Waals surface area contributed by atoms with Gasteiger partial charge in [-0.05, 0) is 69.2 Å². The van der Waals surface area contributed by atoms with Crippen molar-refractivity contribution in [1.29, 1.82) is 0 Å². The van der Waals surface area contributed by atoms with Crippen molar-refractivity contribution in [1.82, 2.24) is 9.71 Å². The molecule has 1 aromatic heterocycles. The summed E-state index contributed by atoms with van der Waals surface area (Å²) in [4.78, 5) is 4.30. The van der Waals surface area contributed by atoms with Crippen molar-refractivity contribution < 1.29 is 8.60 Å². The van der Waals surface area contributed by atoms with Crippen LogP contribution < -0.4 is 10.5 Å². The highest BCUT2D eigenvalue weighted by molar-refractivity contribution is 7.84. The number of nitrogens with one attached hydrogen (secondary N) is 1. The maximum absolute atomic E-state index is 13.2. The van der Waals surface area contributed by atoms with E-state index in [9.17, 15) is 8.60 Å². The topological polar surface area (TPSA) is 68.0 Å². The first-order valence-electron chi connectivity index (χ1n) is 8.11. The second-order valence-electron chi connectivity index (χ2n) is 6.67. The lowest BCUT2D eigenvalue weighted by Gasteiger charge is -2.17. The number of aromatic nitrogens is 1. The molecule has 0 saturated heterocycles. The Morgan fingerprint density at radius 3 is 2.72 bits per heavy atom. The molecular weight excluding hydrogens is 337 g/mol. The van der Waals surface area contributed by atoms with E-state index < -0.39 is 11.0 Å². The number of nitrogens with two attached hydrogens (primary N) is 1. The summed E-state index contributed by atoms with van der Waals surface area (Å²) < 4.78 is 27.8. The monoisotopic (exact) mass is 361 g/mol. The van der Waals surface area contributed by atoms with Crippen molar-refractivity contribution in [2.24, 2.45) is 0 Å². The molecule has 0 fully saturated rings. The van der Waals surface area contributed by atoms with Gasteiger partial charge < -0.3 is 5.73 Å². The summed E-state index contributed by atoms with van der Waals surface area (Å²) in [7, 11) is -1.06. The van der Waals surface area contributed by atoms with Crippen LogP contribution in [-0.4, -0.2) is 20.5 Å². The van der Waals surface area contributed by atoms with Gasteiger partial charge in [0.2, 0.25) is 0 Å². The van der Waals surface area contributed by atoms with Gasteiger partial charge in [0.05, 0.1) is 21.4 Å². The molecule has 25 heavy (non-hydrogen) atoms. The molecule has 1 atom stereocenters. The molecule has 0 aliphatic carbocycles. The third kappa shape index (κ3) is 5.76. The molecule has 1 unspecified atom stereocenters. The summed E-state index contributed by atoms with van der Waals surface area (Å²) in [5, 5.41) is 0. The summed E-state index contributed by atoms with van der Waals surface area (Å²) in [5.74, 6) is -0.351. The molecule has 0 aliphatic heterocycles. The minimum absolute atomic E-state index is 0.269. The lowest BCUT2D eigenvalue weighted by Crippen LogP contribution is -2.33. The molecule has 0 amide bonds. The average molecular weight is 361 g/mol. The number of hydrogen-bond acceptors (Lipinski definition) is 3. The summed E-state index contributed by atoms with van der Waals surface area (Å²) in [6.07, 6.45) is 6.33. The van der Waals surface area contributed by atoms with E-state index in [4.69, 9.17) is 5.73 Å². The summed E-state index contributed by atoms with van der Waals surface area (Å²) in [5.41, 5.74) is 8.75. The van der Waals surface area contributed by atoms with Crippen LogP contribution in [0, 0.1) is 5.82 Å². The minimum Gasteiger partial charge on any atom is -0.398 e. The van der Waals surface area contributed by atoms with Crippen LogP contribution in [0.4, 0.5) is 10.1 Å². The predicted octanol–water partition coefficient (Wildman–Crippen LogP) is 3.93. The van der Waals surface area contributed by atoms with Crippen molar-refractivity contribution >= 4 is 22.7 Å². The zero-order valence-electron chi connectivity index (χ0n) is 14.8. The molecule has 6 heteroatoms. The zero-order chi connectivity index (χ0) is 18.4. The highest BCUT2D eigenvalue weighted by Crippen LogP contribution is 2.26. The van der Waals surface area contributed by atoms with Crippen LogP contribution >= 0.6 is 0 Å². The summed E-state index contributed by atoms with van der Waals surface area (Å²) >= 11 is 0. The van der Waals surface area contributed by atoms with Crippen LogP contribution in [0.3, 0.4) is 0 Å². The second-order valence-corrected chi connectivity index (χ2v) is 8.72. The van der Waals surface area contributed by atoms with E-state index in [1.807, 2.05) is 45.1 Å². The molecule has 4 nitrogen and oxygen atoms in total. The Balaban J connectivity index is 1.98. The van der Waals surface area contributed by atoms with Gasteiger partial charge in [-0.2, -0.15) is 0 Å². The maximum atomic E-state index is 13.2. The van der Waals surface area contributed by atoms with Gasteiger partial charge in [-0.3, -0.25) is 4.98 Å². The van der Waals surface area contributed by atoms with Crippen molar-refractivity contribution in [2.45, 2.75) is 31.9 Å². The standard InChI is InChI=1S/C19H24FN3OS/c1-19(2,3)25(24)23-10-5-4-6-16-12-14(9-11-22-16)17-8-7-15(20)13-18(17)21/h4,6-9,11-13,23H,5,10,21H2,1-3H3. The van der Waals surface area contributed by atoms with Crippen molar-refractivity contribution in [2.75, 3.05) is 12.3 Å². The van der Waals surface area contributed by atoms with Gasteiger partial charge in [0.25, 0.3) is 0 Å². The maximum Gasteiger partial charge on any atom is 0.125 e. The van der Waals surface area contributed by atoms with Crippen LogP contribution in [0.2, 0.25) is 0 Å². The molecule has 0 bridgehead atoms. The molecule has 0 aliphatic rings. The number of anilines is 1. The normalized spacial score (nSPS) is 13.3. The van der Waals surface area contributed by atoms with Crippen molar-refractivity contribution in [3.05, 3.63) is 54.1 Å². The Kier molecular flexibility index (Phi) is 6.45. The first-order chi connectivity index (χ1) is 11.8. The number of hydrogen-bond donors (Lipinski definition) is 2. The number of nitrogens with zero attached hydrogens (tertiary/aromatic N) is 1.